The van der Waals surface area contributed by atoms with E-state index in [1.807, 2.05) is 55.6 Å². The molecule has 3 nitrogen and oxygen atoms in total. The lowest BCUT2D eigenvalue weighted by atomic mass is 10.2. The van der Waals surface area contributed by atoms with Crippen molar-refractivity contribution in [3.8, 4) is 11.5 Å². The molecule has 0 radical (unpaired) electrons. The number of halogens is 1. The molecule has 0 amide bonds. The maximum atomic E-state index is 6.04. The molecule has 0 aliphatic heterocycles. The van der Waals surface area contributed by atoms with Crippen molar-refractivity contribution >= 4 is 22.5 Å². The van der Waals surface area contributed by atoms with Crippen LogP contribution in [-0.2, 0) is 6.54 Å². The number of nitrogens with one attached hydrogen (secondary N) is 1. The Balaban J connectivity index is 1.94. The second kappa shape index (κ2) is 6.12. The van der Waals surface area contributed by atoms with Gasteiger partial charge in [-0.3, -0.25) is 4.98 Å². The summed E-state index contributed by atoms with van der Waals surface area (Å²) in [6.07, 6.45) is 1.78. The first-order chi connectivity index (χ1) is 10.3. The van der Waals surface area contributed by atoms with Crippen LogP contribution in [0.2, 0.25) is 5.02 Å². The molecule has 1 heterocycles. The van der Waals surface area contributed by atoms with E-state index in [0.29, 0.717) is 11.6 Å². The minimum atomic E-state index is 0.696. The van der Waals surface area contributed by atoms with Gasteiger partial charge in [-0.2, -0.15) is 0 Å². The summed E-state index contributed by atoms with van der Waals surface area (Å²) in [5.74, 6) is 1.56. The van der Waals surface area contributed by atoms with Gasteiger partial charge in [-0.05, 0) is 43.4 Å². The molecule has 0 saturated carbocycles. The molecule has 0 fully saturated rings. The lowest BCUT2D eigenvalue weighted by Gasteiger charge is -2.12. The quantitative estimate of drug-likeness (QED) is 0.775. The van der Waals surface area contributed by atoms with E-state index in [1.54, 1.807) is 6.20 Å². The molecular weight excluding hydrogens is 284 g/mol. The average Bonchev–Trinajstić information content (AvgIpc) is 2.50. The van der Waals surface area contributed by atoms with Gasteiger partial charge in [0.1, 0.15) is 11.5 Å². The van der Waals surface area contributed by atoms with Crippen molar-refractivity contribution in [2.75, 3.05) is 7.05 Å². The second-order valence-electron chi connectivity index (χ2n) is 4.74. The van der Waals surface area contributed by atoms with Crippen molar-refractivity contribution in [3.05, 3.63) is 65.3 Å². The molecule has 3 rings (SSSR count). The zero-order chi connectivity index (χ0) is 14.7. The van der Waals surface area contributed by atoms with Crippen molar-refractivity contribution in [1.82, 2.24) is 10.3 Å². The van der Waals surface area contributed by atoms with Gasteiger partial charge in [0.15, 0.2) is 0 Å². The Kier molecular flexibility index (Phi) is 4.04. The predicted molar refractivity (Wildman–Crippen MR) is 86.0 cm³/mol. The highest BCUT2D eigenvalue weighted by molar-refractivity contribution is 6.30. The van der Waals surface area contributed by atoms with Gasteiger partial charge >= 0.3 is 0 Å². The number of fused-ring (bicyclic) bond motifs is 1. The van der Waals surface area contributed by atoms with E-state index in [1.165, 1.54) is 0 Å². The summed E-state index contributed by atoms with van der Waals surface area (Å²) < 4.78 is 5.99. The molecule has 21 heavy (non-hydrogen) atoms. The molecule has 3 aromatic rings. The second-order valence-corrected chi connectivity index (χ2v) is 5.18. The van der Waals surface area contributed by atoms with Gasteiger partial charge in [0.05, 0.1) is 5.52 Å². The van der Waals surface area contributed by atoms with Gasteiger partial charge in [-0.25, -0.2) is 0 Å². The van der Waals surface area contributed by atoms with Crippen LogP contribution in [0.1, 0.15) is 5.56 Å². The molecular formula is C17H15ClN2O. The summed E-state index contributed by atoms with van der Waals surface area (Å²) in [4.78, 5) is 4.34. The first-order valence-corrected chi connectivity index (χ1v) is 7.10. The van der Waals surface area contributed by atoms with Gasteiger partial charge in [0.2, 0.25) is 0 Å². The monoisotopic (exact) mass is 298 g/mol. The van der Waals surface area contributed by atoms with Crippen LogP contribution >= 0.6 is 11.6 Å². The highest BCUT2D eigenvalue weighted by Gasteiger charge is 2.06. The summed E-state index contributed by atoms with van der Waals surface area (Å²) in [7, 11) is 1.89. The fraction of sp³-hybridized carbons (Fsp3) is 0.118. The summed E-state index contributed by atoms with van der Waals surface area (Å²) in [6.45, 7) is 0.696. The molecule has 1 N–H and O–H groups in total. The van der Waals surface area contributed by atoms with Crippen LogP contribution in [0.25, 0.3) is 10.9 Å². The maximum absolute atomic E-state index is 6.04. The Morgan fingerprint density at radius 1 is 1.14 bits per heavy atom. The zero-order valence-electron chi connectivity index (χ0n) is 11.6. The normalized spacial score (nSPS) is 10.8. The number of benzene rings is 2. The number of aromatic nitrogens is 1. The van der Waals surface area contributed by atoms with Crippen molar-refractivity contribution in [2.45, 2.75) is 6.54 Å². The molecule has 1 aromatic heterocycles. The molecule has 0 unspecified atom stereocenters. The molecule has 0 aliphatic rings. The van der Waals surface area contributed by atoms with Gasteiger partial charge < -0.3 is 10.1 Å². The number of hydrogen-bond donors (Lipinski definition) is 1. The number of pyridine rings is 1. The minimum Gasteiger partial charge on any atom is -0.457 e. The number of ether oxygens (including phenoxy) is 1. The van der Waals surface area contributed by atoms with E-state index in [4.69, 9.17) is 16.3 Å². The minimum absolute atomic E-state index is 0.696. The van der Waals surface area contributed by atoms with Crippen molar-refractivity contribution in [1.29, 1.82) is 0 Å². The molecule has 2 aromatic carbocycles. The van der Waals surface area contributed by atoms with E-state index >= 15 is 0 Å². The van der Waals surface area contributed by atoms with Crippen molar-refractivity contribution in [3.63, 3.8) is 0 Å². The van der Waals surface area contributed by atoms with Crippen molar-refractivity contribution < 1.29 is 4.74 Å². The smallest absolute Gasteiger partial charge is 0.132 e. The first-order valence-electron chi connectivity index (χ1n) is 6.72. The van der Waals surface area contributed by atoms with Crippen LogP contribution in [0, 0.1) is 0 Å². The molecule has 0 saturated heterocycles. The van der Waals surface area contributed by atoms with Crippen LogP contribution in [0.3, 0.4) is 0 Å². The molecule has 106 valence electrons. The van der Waals surface area contributed by atoms with Crippen LogP contribution < -0.4 is 10.1 Å². The highest BCUT2D eigenvalue weighted by Crippen LogP contribution is 2.29. The Hall–Kier alpha value is -2.10. The highest BCUT2D eigenvalue weighted by atomic mass is 35.5. The molecule has 0 bridgehead atoms. The SMILES string of the molecule is CNCc1cc(Cl)ccc1Oc1ccc2cccnc2c1. The zero-order valence-corrected chi connectivity index (χ0v) is 12.4. The largest absolute Gasteiger partial charge is 0.457 e. The van der Waals surface area contributed by atoms with Crippen LogP contribution in [0.5, 0.6) is 11.5 Å². The van der Waals surface area contributed by atoms with Crippen LogP contribution in [0.4, 0.5) is 0 Å². The average molecular weight is 299 g/mol. The number of rotatable bonds is 4. The van der Waals surface area contributed by atoms with Crippen LogP contribution in [0.15, 0.2) is 54.7 Å². The molecule has 0 spiro atoms. The van der Waals surface area contributed by atoms with Crippen LogP contribution in [-0.4, -0.2) is 12.0 Å². The summed E-state index contributed by atoms with van der Waals surface area (Å²) in [5, 5.41) is 4.91. The van der Waals surface area contributed by atoms with Gasteiger partial charge in [-0.1, -0.05) is 17.7 Å². The van der Waals surface area contributed by atoms with E-state index < -0.39 is 0 Å². The third kappa shape index (κ3) is 3.15. The fourth-order valence-corrected chi connectivity index (χ4v) is 2.41. The lowest BCUT2D eigenvalue weighted by Crippen LogP contribution is -2.06. The van der Waals surface area contributed by atoms with E-state index in [2.05, 4.69) is 10.3 Å². The van der Waals surface area contributed by atoms with Gasteiger partial charge in [0, 0.05) is 34.8 Å². The summed E-state index contributed by atoms with van der Waals surface area (Å²) >= 11 is 6.04. The Morgan fingerprint density at radius 3 is 2.90 bits per heavy atom. The fourth-order valence-electron chi connectivity index (χ4n) is 2.21. The standard InChI is InChI=1S/C17H15ClN2O/c1-19-11-13-9-14(18)5-7-17(13)21-15-6-4-12-3-2-8-20-16(12)10-15/h2-10,19H,11H2,1H3. The van der Waals surface area contributed by atoms with E-state index in [9.17, 15) is 0 Å². The lowest BCUT2D eigenvalue weighted by molar-refractivity contribution is 0.475. The number of nitrogens with zero attached hydrogens (tertiary/aromatic N) is 1. The van der Waals surface area contributed by atoms with Crippen molar-refractivity contribution in [2.24, 2.45) is 0 Å². The third-order valence-electron chi connectivity index (χ3n) is 3.19. The van der Waals surface area contributed by atoms with Gasteiger partial charge in [0.25, 0.3) is 0 Å². The Morgan fingerprint density at radius 2 is 2.05 bits per heavy atom. The molecule has 0 atom stereocenters. The number of hydrogen-bond acceptors (Lipinski definition) is 3. The topological polar surface area (TPSA) is 34.1 Å². The maximum Gasteiger partial charge on any atom is 0.132 e. The van der Waals surface area contributed by atoms with Gasteiger partial charge in [-0.15, -0.1) is 0 Å². The van der Waals surface area contributed by atoms with E-state index in [0.717, 1.165) is 28.0 Å². The summed E-state index contributed by atoms with van der Waals surface area (Å²) in [5.41, 5.74) is 1.94. The molecule has 4 heteroatoms. The first kappa shape index (κ1) is 13.9. The Labute approximate surface area is 128 Å². The Bertz CT molecular complexity index is 774. The third-order valence-corrected chi connectivity index (χ3v) is 3.43. The summed E-state index contributed by atoms with van der Waals surface area (Å²) in [6, 6.07) is 15.5. The molecule has 0 aliphatic carbocycles. The van der Waals surface area contributed by atoms with E-state index in [-0.39, 0.29) is 0 Å². The predicted octanol–water partition coefficient (Wildman–Crippen LogP) is 4.40.